The van der Waals surface area contributed by atoms with Crippen LogP contribution in [0.15, 0.2) is 29.2 Å². The minimum absolute atomic E-state index is 0. The molecule has 1 heterocycles. The van der Waals surface area contributed by atoms with Crippen molar-refractivity contribution in [2.75, 3.05) is 19.6 Å². The predicted octanol–water partition coefficient (Wildman–Crippen LogP) is 0.904. The Balaban J connectivity index is 0.00000264. The summed E-state index contributed by atoms with van der Waals surface area (Å²) in [6.45, 7) is 7.48. The third kappa shape index (κ3) is 4.91. The molecule has 6 nitrogen and oxygen atoms in total. The summed E-state index contributed by atoms with van der Waals surface area (Å²) in [5.74, 6) is -0.190. The fourth-order valence-electron chi connectivity index (χ4n) is 2.49. The second-order valence-corrected chi connectivity index (χ2v) is 7.45. The van der Waals surface area contributed by atoms with Crippen molar-refractivity contribution in [2.45, 2.75) is 37.8 Å². The Morgan fingerprint density at radius 3 is 2.52 bits per heavy atom. The Kier molecular flexibility index (Phi) is 7.01. The van der Waals surface area contributed by atoms with Gasteiger partial charge in [0.15, 0.2) is 0 Å². The van der Waals surface area contributed by atoms with Crippen LogP contribution in [0.25, 0.3) is 0 Å². The number of carbonyl (C=O) groups excluding carboxylic acids is 1. The topological polar surface area (TPSA) is 78.5 Å². The van der Waals surface area contributed by atoms with E-state index in [0.717, 1.165) is 18.7 Å². The number of piperazine rings is 1. The molecule has 2 atom stereocenters. The van der Waals surface area contributed by atoms with Crippen LogP contribution in [-0.4, -0.2) is 50.9 Å². The summed E-state index contributed by atoms with van der Waals surface area (Å²) in [5, 5.41) is 3.21. The lowest BCUT2D eigenvalue weighted by Gasteiger charge is -2.35. The summed E-state index contributed by atoms with van der Waals surface area (Å²) in [6.07, 6.45) is 0. The molecule has 23 heavy (non-hydrogen) atoms. The van der Waals surface area contributed by atoms with Gasteiger partial charge in [0.2, 0.25) is 15.9 Å². The highest BCUT2D eigenvalue weighted by Crippen LogP contribution is 2.12. The van der Waals surface area contributed by atoms with Crippen LogP contribution in [0, 0.1) is 6.92 Å². The molecule has 0 radical (unpaired) electrons. The molecule has 130 valence electrons. The van der Waals surface area contributed by atoms with Crippen LogP contribution in [-0.2, 0) is 14.8 Å². The van der Waals surface area contributed by atoms with E-state index in [2.05, 4.69) is 10.0 Å². The molecule has 1 aliphatic rings. The van der Waals surface area contributed by atoms with E-state index in [1.165, 1.54) is 0 Å². The second-order valence-electron chi connectivity index (χ2n) is 5.74. The van der Waals surface area contributed by atoms with E-state index in [1.54, 1.807) is 36.1 Å². The first-order valence-corrected chi connectivity index (χ1v) is 8.90. The number of amides is 1. The lowest BCUT2D eigenvalue weighted by Crippen LogP contribution is -2.57. The molecule has 8 heteroatoms. The van der Waals surface area contributed by atoms with E-state index >= 15 is 0 Å². The first-order chi connectivity index (χ1) is 10.3. The van der Waals surface area contributed by atoms with E-state index in [-0.39, 0.29) is 29.3 Å². The molecular formula is C15H24ClN3O3S. The number of rotatable bonds is 4. The summed E-state index contributed by atoms with van der Waals surface area (Å²) in [7, 11) is -3.69. The van der Waals surface area contributed by atoms with Crippen LogP contribution in [0.1, 0.15) is 19.4 Å². The summed E-state index contributed by atoms with van der Waals surface area (Å²) in [6, 6.07) is 5.84. The number of nitrogens with zero attached hydrogens (tertiary/aromatic N) is 1. The van der Waals surface area contributed by atoms with E-state index in [9.17, 15) is 13.2 Å². The number of carbonyl (C=O) groups is 1. The molecule has 1 amide bonds. The SMILES string of the molecule is Cc1ccc(S(=O)(=O)NC(C)C(=O)N2CCNC[C@H]2C)cc1.Cl. The molecule has 1 fully saturated rings. The molecule has 1 aliphatic heterocycles. The minimum atomic E-state index is -3.69. The standard InChI is InChI=1S/C15H23N3O3S.ClH/c1-11-4-6-14(7-5-11)22(20,21)17-13(3)15(19)18-9-8-16-10-12(18)2;/h4-7,12-13,16-17H,8-10H2,1-3H3;1H/t12-,13?;/m1./s1. The fourth-order valence-corrected chi connectivity index (χ4v) is 3.68. The zero-order chi connectivity index (χ0) is 16.3. The number of nitrogens with one attached hydrogen (secondary N) is 2. The maximum absolute atomic E-state index is 12.4. The Bertz CT molecular complexity index is 634. The molecule has 1 unspecified atom stereocenters. The number of aryl methyl sites for hydroxylation is 1. The van der Waals surface area contributed by atoms with Crippen LogP contribution in [0.2, 0.25) is 0 Å². The van der Waals surface area contributed by atoms with Crippen molar-refractivity contribution in [1.82, 2.24) is 14.9 Å². The van der Waals surface area contributed by atoms with Crippen molar-refractivity contribution in [3.63, 3.8) is 0 Å². The normalized spacial score (nSPS) is 19.8. The Labute approximate surface area is 144 Å². The Morgan fingerprint density at radius 2 is 1.96 bits per heavy atom. The largest absolute Gasteiger partial charge is 0.336 e. The van der Waals surface area contributed by atoms with Crippen molar-refractivity contribution in [1.29, 1.82) is 0 Å². The van der Waals surface area contributed by atoms with E-state index < -0.39 is 16.1 Å². The van der Waals surface area contributed by atoms with Gasteiger partial charge in [-0.15, -0.1) is 12.4 Å². The first-order valence-electron chi connectivity index (χ1n) is 7.41. The average Bonchev–Trinajstić information content (AvgIpc) is 2.47. The third-order valence-electron chi connectivity index (χ3n) is 3.82. The zero-order valence-electron chi connectivity index (χ0n) is 13.6. The van der Waals surface area contributed by atoms with Gasteiger partial charge in [-0.1, -0.05) is 17.7 Å². The molecule has 2 rings (SSSR count). The summed E-state index contributed by atoms with van der Waals surface area (Å²) >= 11 is 0. The van der Waals surface area contributed by atoms with Gasteiger partial charge in [-0.05, 0) is 32.9 Å². The first kappa shape index (κ1) is 19.9. The van der Waals surface area contributed by atoms with Gasteiger partial charge in [0, 0.05) is 25.7 Å². The molecule has 2 N–H and O–H groups in total. The third-order valence-corrected chi connectivity index (χ3v) is 5.37. The van der Waals surface area contributed by atoms with Gasteiger partial charge in [-0.3, -0.25) is 4.79 Å². The Hall–Kier alpha value is -1.15. The second kappa shape index (κ2) is 8.10. The van der Waals surface area contributed by atoms with Crippen molar-refractivity contribution < 1.29 is 13.2 Å². The molecular weight excluding hydrogens is 338 g/mol. The maximum Gasteiger partial charge on any atom is 0.241 e. The van der Waals surface area contributed by atoms with Gasteiger partial charge >= 0.3 is 0 Å². The summed E-state index contributed by atoms with van der Waals surface area (Å²) < 4.78 is 27.1. The van der Waals surface area contributed by atoms with E-state index in [4.69, 9.17) is 0 Å². The number of benzene rings is 1. The van der Waals surface area contributed by atoms with Crippen LogP contribution in [0.4, 0.5) is 0 Å². The van der Waals surface area contributed by atoms with Gasteiger partial charge in [-0.25, -0.2) is 8.42 Å². The number of halogens is 1. The zero-order valence-corrected chi connectivity index (χ0v) is 15.2. The molecule has 1 saturated heterocycles. The summed E-state index contributed by atoms with van der Waals surface area (Å²) in [5.41, 5.74) is 0.984. The van der Waals surface area contributed by atoms with Gasteiger partial charge in [0.25, 0.3) is 0 Å². The van der Waals surface area contributed by atoms with Crippen LogP contribution < -0.4 is 10.0 Å². The lowest BCUT2D eigenvalue weighted by atomic mass is 10.2. The smallest absolute Gasteiger partial charge is 0.241 e. The Morgan fingerprint density at radius 1 is 1.35 bits per heavy atom. The summed E-state index contributed by atoms with van der Waals surface area (Å²) in [4.78, 5) is 14.3. The lowest BCUT2D eigenvalue weighted by molar-refractivity contribution is -0.135. The highest BCUT2D eigenvalue weighted by molar-refractivity contribution is 7.89. The van der Waals surface area contributed by atoms with Crippen LogP contribution >= 0.6 is 12.4 Å². The molecule has 0 bridgehead atoms. The average molecular weight is 362 g/mol. The molecule has 0 aliphatic carbocycles. The highest BCUT2D eigenvalue weighted by Gasteiger charge is 2.29. The monoisotopic (exact) mass is 361 g/mol. The number of hydrogen-bond donors (Lipinski definition) is 2. The predicted molar refractivity (Wildman–Crippen MR) is 92.3 cm³/mol. The van der Waals surface area contributed by atoms with Gasteiger partial charge in [0.05, 0.1) is 10.9 Å². The quantitative estimate of drug-likeness (QED) is 0.835. The van der Waals surface area contributed by atoms with E-state index in [0.29, 0.717) is 6.54 Å². The fraction of sp³-hybridized carbons (Fsp3) is 0.533. The van der Waals surface area contributed by atoms with Gasteiger partial charge in [0.1, 0.15) is 0 Å². The van der Waals surface area contributed by atoms with E-state index in [1.807, 2.05) is 13.8 Å². The van der Waals surface area contributed by atoms with Crippen molar-refractivity contribution >= 4 is 28.3 Å². The number of hydrogen-bond acceptors (Lipinski definition) is 4. The minimum Gasteiger partial charge on any atom is -0.336 e. The molecule has 1 aromatic carbocycles. The molecule has 0 spiro atoms. The van der Waals surface area contributed by atoms with Crippen LogP contribution in [0.3, 0.4) is 0 Å². The molecule has 0 saturated carbocycles. The highest BCUT2D eigenvalue weighted by atomic mass is 35.5. The van der Waals surface area contributed by atoms with Crippen molar-refractivity contribution in [3.8, 4) is 0 Å². The van der Waals surface area contributed by atoms with Gasteiger partial charge < -0.3 is 10.2 Å². The van der Waals surface area contributed by atoms with Crippen molar-refractivity contribution in [3.05, 3.63) is 29.8 Å². The number of sulfonamides is 1. The molecule has 0 aromatic heterocycles. The maximum atomic E-state index is 12.4. The van der Waals surface area contributed by atoms with Gasteiger partial charge in [-0.2, -0.15) is 4.72 Å². The molecule has 1 aromatic rings. The van der Waals surface area contributed by atoms with Crippen molar-refractivity contribution in [2.24, 2.45) is 0 Å². The van der Waals surface area contributed by atoms with Crippen LogP contribution in [0.5, 0.6) is 0 Å².